The zero-order chi connectivity index (χ0) is 19.9. The molecule has 0 fully saturated rings. The monoisotopic (exact) mass is 384 g/mol. The van der Waals surface area contributed by atoms with Gasteiger partial charge in [0.2, 0.25) is 0 Å². The number of anilines is 2. The van der Waals surface area contributed by atoms with Crippen molar-refractivity contribution in [2.24, 2.45) is 0 Å². The normalized spacial score (nSPS) is 13.3. The van der Waals surface area contributed by atoms with Crippen LogP contribution < -0.4 is 10.6 Å². The lowest BCUT2D eigenvalue weighted by Crippen LogP contribution is -2.27. The molecule has 0 aliphatic rings. The summed E-state index contributed by atoms with van der Waals surface area (Å²) < 4.78 is 10.8. The molecule has 0 bridgehead atoms. The van der Waals surface area contributed by atoms with Crippen molar-refractivity contribution in [3.05, 3.63) is 18.2 Å². The first-order valence-electron chi connectivity index (χ1n) is 9.89. The molecule has 7 nitrogen and oxygen atoms in total. The van der Waals surface area contributed by atoms with Crippen molar-refractivity contribution in [3.63, 3.8) is 0 Å². The Morgan fingerprint density at radius 2 is 1.44 bits per heavy atom. The van der Waals surface area contributed by atoms with Crippen LogP contribution in [0.25, 0.3) is 0 Å². The fourth-order valence-corrected chi connectivity index (χ4v) is 2.37. The Hall–Kier alpha value is -1.54. The second-order valence-corrected chi connectivity index (χ2v) is 6.63. The predicted molar refractivity (Wildman–Crippen MR) is 109 cm³/mol. The summed E-state index contributed by atoms with van der Waals surface area (Å²) in [4.78, 5) is 0. The summed E-state index contributed by atoms with van der Waals surface area (Å²) in [5.74, 6) is 0.0767. The van der Waals surface area contributed by atoms with Crippen LogP contribution in [-0.2, 0) is 9.47 Å². The van der Waals surface area contributed by atoms with Crippen molar-refractivity contribution < 1.29 is 24.8 Å². The summed E-state index contributed by atoms with van der Waals surface area (Å²) in [6.45, 7) is 6.52. The van der Waals surface area contributed by atoms with Crippen molar-refractivity contribution >= 4 is 11.4 Å². The molecule has 2 atom stereocenters. The van der Waals surface area contributed by atoms with Gasteiger partial charge >= 0.3 is 0 Å². The van der Waals surface area contributed by atoms with E-state index in [1.165, 1.54) is 0 Å². The molecular weight excluding hydrogens is 348 g/mol. The lowest BCUT2D eigenvalue weighted by molar-refractivity contribution is 0.0419. The van der Waals surface area contributed by atoms with Gasteiger partial charge in [0.15, 0.2) is 0 Å². The highest BCUT2D eigenvalue weighted by molar-refractivity contribution is 5.75. The van der Waals surface area contributed by atoms with E-state index in [1.54, 1.807) is 18.2 Å². The minimum atomic E-state index is -0.674. The van der Waals surface area contributed by atoms with E-state index in [0.717, 1.165) is 25.7 Å². The molecule has 0 saturated heterocycles. The molecule has 0 aromatic heterocycles. The van der Waals surface area contributed by atoms with Gasteiger partial charge in [-0.15, -0.1) is 0 Å². The van der Waals surface area contributed by atoms with Gasteiger partial charge in [-0.2, -0.15) is 0 Å². The minimum absolute atomic E-state index is 0.0767. The van der Waals surface area contributed by atoms with E-state index in [-0.39, 0.29) is 25.5 Å². The second-order valence-electron chi connectivity index (χ2n) is 6.63. The van der Waals surface area contributed by atoms with Crippen molar-refractivity contribution in [1.82, 2.24) is 0 Å². The Morgan fingerprint density at radius 1 is 0.889 bits per heavy atom. The lowest BCUT2D eigenvalue weighted by Gasteiger charge is -2.19. The molecule has 1 aromatic rings. The third kappa shape index (κ3) is 10.4. The molecule has 1 aromatic carbocycles. The number of unbranched alkanes of at least 4 members (excludes halogenated alkanes) is 2. The van der Waals surface area contributed by atoms with E-state index in [0.29, 0.717) is 31.1 Å². The van der Waals surface area contributed by atoms with Gasteiger partial charge < -0.3 is 35.4 Å². The highest BCUT2D eigenvalue weighted by Gasteiger charge is 2.12. The molecule has 0 aliphatic heterocycles. The van der Waals surface area contributed by atoms with Crippen molar-refractivity contribution in [2.45, 2.75) is 51.7 Å². The van der Waals surface area contributed by atoms with Crippen molar-refractivity contribution in [1.29, 1.82) is 0 Å². The largest absolute Gasteiger partial charge is 0.506 e. The van der Waals surface area contributed by atoms with Gasteiger partial charge in [-0.05, 0) is 25.0 Å². The van der Waals surface area contributed by atoms with Crippen molar-refractivity contribution in [2.75, 3.05) is 50.2 Å². The number of rotatable bonds is 16. The number of hydrogen-bond acceptors (Lipinski definition) is 7. The van der Waals surface area contributed by atoms with E-state index in [9.17, 15) is 15.3 Å². The van der Waals surface area contributed by atoms with Gasteiger partial charge in [0.1, 0.15) is 11.4 Å². The molecular formula is C20H36N2O5. The molecule has 5 N–H and O–H groups in total. The summed E-state index contributed by atoms with van der Waals surface area (Å²) in [5, 5.41) is 36.3. The number of phenols is 1. The van der Waals surface area contributed by atoms with Gasteiger partial charge in [-0.25, -0.2) is 0 Å². The average Bonchev–Trinajstić information content (AvgIpc) is 2.66. The Bertz CT molecular complexity index is 501. The molecule has 7 heteroatoms. The van der Waals surface area contributed by atoms with Gasteiger partial charge in [-0.1, -0.05) is 32.8 Å². The van der Waals surface area contributed by atoms with Gasteiger partial charge in [0, 0.05) is 26.3 Å². The van der Waals surface area contributed by atoms with E-state index in [1.807, 2.05) is 0 Å². The molecule has 0 radical (unpaired) electrons. The van der Waals surface area contributed by atoms with Crippen LogP contribution in [0.4, 0.5) is 11.4 Å². The second kappa shape index (κ2) is 14.5. The number of nitrogens with one attached hydrogen (secondary N) is 2. The Kier molecular flexibility index (Phi) is 12.6. The smallest absolute Gasteiger partial charge is 0.140 e. The summed E-state index contributed by atoms with van der Waals surface area (Å²) in [7, 11) is 0. The number of phenolic OH excluding ortho intramolecular Hbond substituents is 1. The summed E-state index contributed by atoms with van der Waals surface area (Å²) in [6.07, 6.45) is 2.74. The molecule has 0 saturated carbocycles. The Morgan fingerprint density at radius 3 is 2.00 bits per heavy atom. The first-order chi connectivity index (χ1) is 13.1. The number of aliphatic hydroxyl groups excluding tert-OH is 2. The number of aromatic hydroxyl groups is 1. The standard InChI is InChI=1S/C20H36N2O5/c1-3-5-10-26-14-16(23)12-21-18-8-7-9-19(25)20(18)22-13-17(24)15-27-11-6-4-2/h7-9,16-17,21-25H,3-6,10-15H2,1-2H3. The SMILES string of the molecule is CCCCOCC(O)CNc1cccc(O)c1NCC(O)COCCCC. The lowest BCUT2D eigenvalue weighted by atomic mass is 10.2. The maximum Gasteiger partial charge on any atom is 0.140 e. The third-order valence-electron chi connectivity index (χ3n) is 3.99. The highest BCUT2D eigenvalue weighted by Crippen LogP contribution is 2.31. The van der Waals surface area contributed by atoms with Gasteiger partial charge in [-0.3, -0.25) is 0 Å². The quantitative estimate of drug-likeness (QED) is 0.220. The molecule has 1 rings (SSSR count). The third-order valence-corrected chi connectivity index (χ3v) is 3.99. The minimum Gasteiger partial charge on any atom is -0.506 e. The maximum absolute atomic E-state index is 10.1. The van der Waals surface area contributed by atoms with Crippen LogP contribution in [0.5, 0.6) is 5.75 Å². The first kappa shape index (κ1) is 23.5. The molecule has 0 amide bonds. The molecule has 156 valence electrons. The van der Waals surface area contributed by atoms with Crippen LogP contribution in [0.2, 0.25) is 0 Å². The predicted octanol–water partition coefficient (Wildman–Crippen LogP) is 2.57. The van der Waals surface area contributed by atoms with Crippen LogP contribution in [0.1, 0.15) is 39.5 Å². The fraction of sp³-hybridized carbons (Fsp3) is 0.700. The Labute approximate surface area is 162 Å². The number of aliphatic hydroxyl groups is 2. The van der Waals surface area contributed by atoms with Crippen LogP contribution in [-0.4, -0.2) is 67.0 Å². The maximum atomic E-state index is 10.1. The Balaban J connectivity index is 2.44. The van der Waals surface area contributed by atoms with Crippen LogP contribution in [0.15, 0.2) is 18.2 Å². The van der Waals surface area contributed by atoms with E-state index in [2.05, 4.69) is 24.5 Å². The number of ether oxygens (including phenoxy) is 2. The van der Waals surface area contributed by atoms with E-state index in [4.69, 9.17) is 9.47 Å². The fourth-order valence-electron chi connectivity index (χ4n) is 2.37. The topological polar surface area (TPSA) is 103 Å². The summed E-state index contributed by atoms with van der Waals surface area (Å²) in [6, 6.07) is 5.09. The zero-order valence-corrected chi connectivity index (χ0v) is 16.6. The van der Waals surface area contributed by atoms with Crippen LogP contribution in [0.3, 0.4) is 0 Å². The summed E-state index contributed by atoms with van der Waals surface area (Å²) in [5.41, 5.74) is 1.14. The number of hydrogen-bond donors (Lipinski definition) is 5. The van der Waals surface area contributed by atoms with Gasteiger partial charge in [0.05, 0.1) is 31.1 Å². The van der Waals surface area contributed by atoms with Crippen LogP contribution >= 0.6 is 0 Å². The van der Waals surface area contributed by atoms with Crippen LogP contribution in [0, 0.1) is 0 Å². The van der Waals surface area contributed by atoms with Gasteiger partial charge in [0.25, 0.3) is 0 Å². The molecule has 2 unspecified atom stereocenters. The molecule has 0 spiro atoms. The van der Waals surface area contributed by atoms with Crippen molar-refractivity contribution in [3.8, 4) is 5.75 Å². The summed E-state index contributed by atoms with van der Waals surface area (Å²) >= 11 is 0. The molecule has 0 aliphatic carbocycles. The average molecular weight is 385 g/mol. The highest BCUT2D eigenvalue weighted by atomic mass is 16.5. The number of para-hydroxylation sites is 1. The molecule has 27 heavy (non-hydrogen) atoms. The van der Waals surface area contributed by atoms with E-state index >= 15 is 0 Å². The molecule has 0 heterocycles. The van der Waals surface area contributed by atoms with E-state index < -0.39 is 12.2 Å². The number of benzene rings is 1. The first-order valence-corrected chi connectivity index (χ1v) is 9.89. The zero-order valence-electron chi connectivity index (χ0n) is 16.6.